The van der Waals surface area contributed by atoms with Crippen LogP contribution in [0, 0.1) is 0 Å². The smallest absolute Gasteiger partial charge is 0.227 e. The third-order valence-electron chi connectivity index (χ3n) is 8.95. The Balaban J connectivity index is 1.09. The molecular formula is C45H29N3O. The second-order valence-electron chi connectivity index (χ2n) is 12.1. The van der Waals surface area contributed by atoms with Gasteiger partial charge in [0, 0.05) is 22.3 Å². The molecule has 4 heteroatoms. The average Bonchev–Trinajstić information content (AvgIpc) is 3.60. The van der Waals surface area contributed by atoms with E-state index in [1.807, 2.05) is 48.5 Å². The molecular weight excluding hydrogens is 599 g/mol. The molecule has 0 saturated carbocycles. The predicted molar refractivity (Wildman–Crippen MR) is 200 cm³/mol. The molecule has 0 radical (unpaired) electrons. The van der Waals surface area contributed by atoms with E-state index in [1.54, 1.807) is 0 Å². The summed E-state index contributed by atoms with van der Waals surface area (Å²) >= 11 is 0. The van der Waals surface area contributed by atoms with Crippen LogP contribution in [0.5, 0.6) is 0 Å². The van der Waals surface area contributed by atoms with E-state index < -0.39 is 0 Å². The van der Waals surface area contributed by atoms with E-state index in [4.69, 9.17) is 19.4 Å². The molecule has 7 aromatic carbocycles. The Labute approximate surface area is 284 Å². The molecule has 9 rings (SSSR count). The third-order valence-corrected chi connectivity index (χ3v) is 8.95. The van der Waals surface area contributed by atoms with Crippen molar-refractivity contribution in [1.82, 2.24) is 15.0 Å². The molecule has 49 heavy (non-hydrogen) atoms. The van der Waals surface area contributed by atoms with E-state index in [9.17, 15) is 0 Å². The van der Waals surface area contributed by atoms with Gasteiger partial charge in [0.15, 0.2) is 11.4 Å². The van der Waals surface area contributed by atoms with Crippen molar-refractivity contribution in [3.63, 3.8) is 0 Å². The lowest BCUT2D eigenvalue weighted by Gasteiger charge is -2.11. The molecule has 0 spiro atoms. The van der Waals surface area contributed by atoms with Crippen LogP contribution in [0.2, 0.25) is 0 Å². The fourth-order valence-electron chi connectivity index (χ4n) is 6.30. The van der Waals surface area contributed by atoms with Gasteiger partial charge in [0.1, 0.15) is 5.52 Å². The number of rotatable bonds is 6. The van der Waals surface area contributed by atoms with E-state index >= 15 is 0 Å². The van der Waals surface area contributed by atoms with Gasteiger partial charge in [-0.3, -0.25) is 0 Å². The monoisotopic (exact) mass is 627 g/mol. The van der Waals surface area contributed by atoms with Crippen LogP contribution in [0.1, 0.15) is 0 Å². The number of benzene rings is 7. The Morgan fingerprint density at radius 3 is 1.31 bits per heavy atom. The van der Waals surface area contributed by atoms with Crippen LogP contribution in [-0.2, 0) is 0 Å². The van der Waals surface area contributed by atoms with Gasteiger partial charge < -0.3 is 4.42 Å². The molecule has 0 aliphatic heterocycles. The summed E-state index contributed by atoms with van der Waals surface area (Å²) in [6.07, 6.45) is 0. The second kappa shape index (κ2) is 12.2. The molecule has 0 amide bonds. The van der Waals surface area contributed by atoms with Crippen molar-refractivity contribution in [3.05, 3.63) is 176 Å². The van der Waals surface area contributed by atoms with E-state index in [0.29, 0.717) is 11.7 Å². The fourth-order valence-corrected chi connectivity index (χ4v) is 6.30. The Morgan fingerprint density at radius 2 is 0.755 bits per heavy atom. The predicted octanol–water partition coefficient (Wildman–Crippen LogP) is 11.8. The number of oxazole rings is 1. The van der Waals surface area contributed by atoms with Crippen LogP contribution in [0.4, 0.5) is 0 Å². The number of aromatic nitrogens is 3. The Bertz CT molecular complexity index is 2400. The number of hydrogen-bond donors (Lipinski definition) is 0. The van der Waals surface area contributed by atoms with Gasteiger partial charge in [-0.2, -0.15) is 0 Å². The molecule has 2 heterocycles. The number of hydrogen-bond acceptors (Lipinski definition) is 4. The van der Waals surface area contributed by atoms with Crippen LogP contribution in [0.3, 0.4) is 0 Å². The van der Waals surface area contributed by atoms with Crippen LogP contribution in [0.15, 0.2) is 180 Å². The molecule has 0 N–H and O–H groups in total. The summed E-state index contributed by atoms with van der Waals surface area (Å²) in [5.74, 6) is 1.24. The quantitative estimate of drug-likeness (QED) is 0.184. The third kappa shape index (κ3) is 5.66. The molecule has 0 aliphatic rings. The standard InChI is InChI=1S/C45H29N3O/c1-3-9-30(10-4-1)32-15-19-34(20-16-32)40-29-41(35-21-17-33(18-22-35)31-11-5-2-6-12-31)47-44(46-40)36-23-25-37(26-24-36)45-48-42-27-38-13-7-8-14-39(38)28-43(42)49-45/h1-29H. The van der Waals surface area contributed by atoms with Gasteiger partial charge >= 0.3 is 0 Å². The zero-order chi connectivity index (χ0) is 32.6. The topological polar surface area (TPSA) is 51.8 Å². The SMILES string of the molecule is c1ccc(-c2ccc(-c3cc(-c4ccc(-c5ccccc5)cc4)nc(-c4ccc(-c5nc6cc7ccccc7cc6o5)cc4)n3)cc2)cc1. The van der Waals surface area contributed by atoms with Crippen LogP contribution in [0.25, 0.3) is 89.5 Å². The number of fused-ring (bicyclic) bond motifs is 2. The lowest BCUT2D eigenvalue weighted by molar-refractivity contribution is 0.620. The molecule has 0 unspecified atom stereocenters. The minimum atomic E-state index is 0.587. The summed E-state index contributed by atoms with van der Waals surface area (Å²) in [6.45, 7) is 0. The van der Waals surface area contributed by atoms with Gasteiger partial charge in [0.2, 0.25) is 5.89 Å². The maximum atomic E-state index is 6.20. The lowest BCUT2D eigenvalue weighted by atomic mass is 10.0. The van der Waals surface area contributed by atoms with Crippen molar-refractivity contribution in [3.8, 4) is 67.6 Å². The highest BCUT2D eigenvalue weighted by atomic mass is 16.3. The van der Waals surface area contributed by atoms with E-state index in [2.05, 4.69) is 127 Å². The van der Waals surface area contributed by atoms with Crippen LogP contribution in [-0.4, -0.2) is 15.0 Å². The highest BCUT2D eigenvalue weighted by Gasteiger charge is 2.14. The highest BCUT2D eigenvalue weighted by molar-refractivity contribution is 5.95. The zero-order valence-corrected chi connectivity index (χ0v) is 26.5. The van der Waals surface area contributed by atoms with Crippen molar-refractivity contribution in [2.24, 2.45) is 0 Å². The number of nitrogens with zero attached hydrogens (tertiary/aromatic N) is 3. The minimum absolute atomic E-state index is 0.587. The zero-order valence-electron chi connectivity index (χ0n) is 26.5. The fraction of sp³-hybridized carbons (Fsp3) is 0. The summed E-state index contributed by atoms with van der Waals surface area (Å²) in [5.41, 5.74) is 11.9. The molecule has 0 fully saturated rings. The summed E-state index contributed by atoms with van der Waals surface area (Å²) in [4.78, 5) is 15.0. The summed E-state index contributed by atoms with van der Waals surface area (Å²) in [5, 5.41) is 2.27. The molecule has 0 atom stereocenters. The average molecular weight is 628 g/mol. The molecule has 230 valence electrons. The van der Waals surface area contributed by atoms with Crippen molar-refractivity contribution < 1.29 is 4.42 Å². The van der Waals surface area contributed by atoms with Crippen molar-refractivity contribution >= 4 is 21.9 Å². The lowest BCUT2D eigenvalue weighted by Crippen LogP contribution is -1.96. The van der Waals surface area contributed by atoms with Gasteiger partial charge in [-0.1, -0.05) is 146 Å². The summed E-state index contributed by atoms with van der Waals surface area (Å²) in [6, 6.07) is 60.6. The second-order valence-corrected chi connectivity index (χ2v) is 12.1. The molecule has 0 bridgehead atoms. The van der Waals surface area contributed by atoms with Crippen molar-refractivity contribution in [1.29, 1.82) is 0 Å². The van der Waals surface area contributed by atoms with Gasteiger partial charge in [-0.05, 0) is 63.4 Å². The Kier molecular flexibility index (Phi) is 7.10. The molecule has 0 saturated heterocycles. The molecule has 2 aromatic heterocycles. The minimum Gasteiger partial charge on any atom is -0.436 e. The van der Waals surface area contributed by atoms with E-state index in [1.165, 1.54) is 22.3 Å². The summed E-state index contributed by atoms with van der Waals surface area (Å²) in [7, 11) is 0. The van der Waals surface area contributed by atoms with Gasteiger partial charge in [0.05, 0.1) is 11.4 Å². The van der Waals surface area contributed by atoms with E-state index in [-0.39, 0.29) is 0 Å². The first-order valence-corrected chi connectivity index (χ1v) is 16.3. The van der Waals surface area contributed by atoms with E-state index in [0.717, 1.165) is 55.5 Å². The van der Waals surface area contributed by atoms with Crippen molar-refractivity contribution in [2.45, 2.75) is 0 Å². The van der Waals surface area contributed by atoms with Gasteiger partial charge in [-0.15, -0.1) is 0 Å². The largest absolute Gasteiger partial charge is 0.436 e. The molecule has 0 aliphatic carbocycles. The first-order valence-electron chi connectivity index (χ1n) is 16.3. The Morgan fingerprint density at radius 1 is 0.327 bits per heavy atom. The maximum absolute atomic E-state index is 6.20. The first kappa shape index (κ1) is 28.6. The van der Waals surface area contributed by atoms with Crippen LogP contribution < -0.4 is 0 Å². The summed E-state index contributed by atoms with van der Waals surface area (Å²) < 4.78 is 6.20. The normalized spacial score (nSPS) is 11.3. The van der Waals surface area contributed by atoms with Gasteiger partial charge in [-0.25, -0.2) is 15.0 Å². The van der Waals surface area contributed by atoms with Gasteiger partial charge in [0.25, 0.3) is 0 Å². The first-order chi connectivity index (χ1) is 24.2. The maximum Gasteiger partial charge on any atom is 0.227 e. The van der Waals surface area contributed by atoms with Crippen molar-refractivity contribution in [2.75, 3.05) is 0 Å². The highest BCUT2D eigenvalue weighted by Crippen LogP contribution is 2.33. The Hall–Kier alpha value is -6.65. The van der Waals surface area contributed by atoms with Crippen LogP contribution >= 0.6 is 0 Å². The molecule has 4 nitrogen and oxygen atoms in total. The molecule has 9 aromatic rings.